The van der Waals surface area contributed by atoms with Crippen molar-refractivity contribution in [3.63, 3.8) is 0 Å². The SMILES string of the molecule is C[C@@H]1O[C@@H](O[C@@H]2[C@@H](O[C@@H]3O[C@@H](C)[C@H](O)[C@@H](O)[C@H]3O)[C@@H](O)[C@H](O[C@@H]3[C@H](O)[C@@H](O)[C@H](O)O[C@@H]3C)O[C@H]2C)[C@H](O)[C@H](O)[C@H]1O. The second kappa shape index (κ2) is 13.1. The second-order valence-electron chi connectivity index (χ2n) is 11.1. The third-order valence-corrected chi connectivity index (χ3v) is 8.04. The van der Waals surface area contributed by atoms with Gasteiger partial charge in [-0.15, -0.1) is 0 Å². The molecule has 0 saturated carbocycles. The van der Waals surface area contributed by atoms with Crippen LogP contribution in [0, 0.1) is 0 Å². The van der Waals surface area contributed by atoms with E-state index in [9.17, 15) is 51.1 Å². The summed E-state index contributed by atoms with van der Waals surface area (Å²) in [5.41, 5.74) is 0. The van der Waals surface area contributed by atoms with Crippen LogP contribution in [-0.2, 0) is 33.2 Å². The number of ether oxygens (including phenoxy) is 7. The van der Waals surface area contributed by atoms with E-state index in [-0.39, 0.29) is 0 Å². The summed E-state index contributed by atoms with van der Waals surface area (Å²) in [5.74, 6) is 0. The molecule has 0 aromatic heterocycles. The second-order valence-corrected chi connectivity index (χ2v) is 11.1. The molecule has 240 valence electrons. The van der Waals surface area contributed by atoms with E-state index < -0.39 is 123 Å². The van der Waals surface area contributed by atoms with Gasteiger partial charge in [0.1, 0.15) is 73.2 Å². The molecule has 0 bridgehead atoms. The molecule has 4 heterocycles. The van der Waals surface area contributed by atoms with Gasteiger partial charge in [-0.05, 0) is 27.7 Å². The molecule has 4 saturated heterocycles. The number of rotatable bonds is 6. The van der Waals surface area contributed by atoms with Crippen molar-refractivity contribution in [2.45, 2.75) is 151 Å². The molecule has 4 aliphatic heterocycles. The molecule has 4 rings (SSSR count). The van der Waals surface area contributed by atoms with Crippen molar-refractivity contribution in [1.29, 1.82) is 0 Å². The Bertz CT molecular complexity index is 853. The maximum absolute atomic E-state index is 11.3. The standard InChI is InChI=1S/C24H42O17/c1-5-9(25)11(27)15(31)22(36-5)40-19-8(4)38-24(39-18-7(3)35-21(34)14(30)13(18)29)17(33)20(19)41-23-16(32)12(28)10(26)6(2)37-23/h5-34H,1-4H3/t5-,6-,7+,8-,9-,10-,11+,12+,13+,14+,15+,16+,17+,18-,19-,20-,21+,22-,23-,24-/m0/s1. The molecule has 0 radical (unpaired) electrons. The van der Waals surface area contributed by atoms with E-state index in [1.54, 1.807) is 0 Å². The Morgan fingerprint density at radius 1 is 0.341 bits per heavy atom. The fraction of sp³-hybridized carbons (Fsp3) is 1.00. The number of hydrogen-bond acceptors (Lipinski definition) is 17. The molecule has 0 unspecified atom stereocenters. The van der Waals surface area contributed by atoms with E-state index >= 15 is 0 Å². The van der Waals surface area contributed by atoms with Crippen molar-refractivity contribution in [2.24, 2.45) is 0 Å². The van der Waals surface area contributed by atoms with E-state index in [1.165, 1.54) is 27.7 Å². The van der Waals surface area contributed by atoms with Gasteiger partial charge in [-0.25, -0.2) is 0 Å². The fourth-order valence-electron chi connectivity index (χ4n) is 5.37. The van der Waals surface area contributed by atoms with Gasteiger partial charge in [-0.1, -0.05) is 0 Å². The quantitative estimate of drug-likeness (QED) is 0.136. The molecule has 10 N–H and O–H groups in total. The zero-order valence-corrected chi connectivity index (χ0v) is 22.9. The Morgan fingerprint density at radius 2 is 0.732 bits per heavy atom. The summed E-state index contributed by atoms with van der Waals surface area (Å²) in [5, 5.41) is 103. The maximum atomic E-state index is 11.3. The topological polar surface area (TPSA) is 267 Å². The van der Waals surface area contributed by atoms with Crippen LogP contribution in [-0.4, -0.2) is 174 Å². The summed E-state index contributed by atoms with van der Waals surface area (Å²) in [4.78, 5) is 0. The summed E-state index contributed by atoms with van der Waals surface area (Å²) in [6, 6.07) is 0. The first-order chi connectivity index (χ1) is 19.1. The lowest BCUT2D eigenvalue weighted by molar-refractivity contribution is -0.392. The van der Waals surface area contributed by atoms with Crippen LogP contribution in [0.4, 0.5) is 0 Å². The molecule has 4 fully saturated rings. The summed E-state index contributed by atoms with van der Waals surface area (Å²) in [6.45, 7) is 5.78. The van der Waals surface area contributed by atoms with Crippen LogP contribution in [0.5, 0.6) is 0 Å². The molecule has 0 spiro atoms. The first kappa shape index (κ1) is 33.2. The summed E-state index contributed by atoms with van der Waals surface area (Å²) < 4.78 is 39.5. The Kier molecular flexibility index (Phi) is 10.6. The largest absolute Gasteiger partial charge is 0.388 e. The third kappa shape index (κ3) is 6.57. The Labute approximate surface area is 235 Å². The van der Waals surface area contributed by atoms with Crippen LogP contribution in [0.1, 0.15) is 27.7 Å². The monoisotopic (exact) mass is 602 g/mol. The van der Waals surface area contributed by atoms with Crippen molar-refractivity contribution in [3.05, 3.63) is 0 Å². The Balaban J connectivity index is 1.58. The molecule has 4 aliphatic rings. The van der Waals surface area contributed by atoms with E-state index in [1.807, 2.05) is 0 Å². The molecular weight excluding hydrogens is 560 g/mol. The average molecular weight is 603 g/mol. The highest BCUT2D eigenvalue weighted by Gasteiger charge is 2.54. The van der Waals surface area contributed by atoms with E-state index in [0.29, 0.717) is 0 Å². The lowest BCUT2D eigenvalue weighted by Crippen LogP contribution is -2.67. The van der Waals surface area contributed by atoms with Gasteiger partial charge < -0.3 is 84.2 Å². The molecule has 20 atom stereocenters. The smallest absolute Gasteiger partial charge is 0.187 e. The van der Waals surface area contributed by atoms with Gasteiger partial charge in [0.25, 0.3) is 0 Å². The molecular formula is C24H42O17. The molecule has 17 heteroatoms. The highest BCUT2D eigenvalue weighted by molar-refractivity contribution is 4.97. The molecule has 0 amide bonds. The van der Waals surface area contributed by atoms with Crippen LogP contribution in [0.15, 0.2) is 0 Å². The lowest BCUT2D eigenvalue weighted by Gasteiger charge is -2.49. The summed E-state index contributed by atoms with van der Waals surface area (Å²) in [6.07, 6.45) is -29.4. The highest BCUT2D eigenvalue weighted by atomic mass is 16.8. The minimum atomic E-state index is -1.79. The van der Waals surface area contributed by atoms with Crippen LogP contribution < -0.4 is 0 Å². The summed E-state index contributed by atoms with van der Waals surface area (Å²) >= 11 is 0. The van der Waals surface area contributed by atoms with Gasteiger partial charge >= 0.3 is 0 Å². The molecule has 41 heavy (non-hydrogen) atoms. The predicted molar refractivity (Wildman–Crippen MR) is 128 cm³/mol. The van der Waals surface area contributed by atoms with Gasteiger partial charge in [0, 0.05) is 0 Å². The average Bonchev–Trinajstić information content (AvgIpc) is 2.92. The van der Waals surface area contributed by atoms with Gasteiger partial charge in [-0.2, -0.15) is 0 Å². The molecule has 0 aromatic carbocycles. The maximum Gasteiger partial charge on any atom is 0.187 e. The zero-order valence-electron chi connectivity index (χ0n) is 22.9. The van der Waals surface area contributed by atoms with Crippen molar-refractivity contribution in [1.82, 2.24) is 0 Å². The highest BCUT2D eigenvalue weighted by Crippen LogP contribution is 2.35. The summed E-state index contributed by atoms with van der Waals surface area (Å²) in [7, 11) is 0. The van der Waals surface area contributed by atoms with Crippen molar-refractivity contribution < 1.29 is 84.2 Å². The Hall–Kier alpha value is -0.680. The van der Waals surface area contributed by atoms with Crippen LogP contribution >= 0.6 is 0 Å². The van der Waals surface area contributed by atoms with Gasteiger partial charge in [0.05, 0.1) is 24.4 Å². The number of aliphatic hydroxyl groups excluding tert-OH is 10. The molecule has 17 nitrogen and oxygen atoms in total. The van der Waals surface area contributed by atoms with E-state index in [2.05, 4.69) is 0 Å². The van der Waals surface area contributed by atoms with Gasteiger partial charge in [0.15, 0.2) is 25.2 Å². The molecule has 0 aromatic rings. The van der Waals surface area contributed by atoms with Crippen molar-refractivity contribution in [2.75, 3.05) is 0 Å². The van der Waals surface area contributed by atoms with Gasteiger partial charge in [0.2, 0.25) is 0 Å². The van der Waals surface area contributed by atoms with Crippen LogP contribution in [0.3, 0.4) is 0 Å². The third-order valence-electron chi connectivity index (χ3n) is 8.04. The zero-order chi connectivity index (χ0) is 30.5. The van der Waals surface area contributed by atoms with Crippen molar-refractivity contribution in [3.8, 4) is 0 Å². The molecule has 0 aliphatic carbocycles. The predicted octanol–water partition coefficient (Wildman–Crippen LogP) is -5.64. The number of hydrogen-bond donors (Lipinski definition) is 10. The minimum Gasteiger partial charge on any atom is -0.388 e. The van der Waals surface area contributed by atoms with Crippen LogP contribution in [0.25, 0.3) is 0 Å². The van der Waals surface area contributed by atoms with E-state index in [4.69, 9.17) is 33.2 Å². The first-order valence-corrected chi connectivity index (χ1v) is 13.5. The van der Waals surface area contributed by atoms with Crippen molar-refractivity contribution >= 4 is 0 Å². The fourth-order valence-corrected chi connectivity index (χ4v) is 5.37. The lowest BCUT2D eigenvalue weighted by atomic mass is 9.96. The van der Waals surface area contributed by atoms with Gasteiger partial charge in [-0.3, -0.25) is 0 Å². The van der Waals surface area contributed by atoms with Crippen LogP contribution in [0.2, 0.25) is 0 Å². The Morgan fingerprint density at radius 3 is 1.24 bits per heavy atom. The normalized spacial score (nSPS) is 56.9. The van der Waals surface area contributed by atoms with E-state index in [0.717, 1.165) is 0 Å². The number of aliphatic hydroxyl groups is 10. The minimum absolute atomic E-state index is 0.962. The first-order valence-electron chi connectivity index (χ1n) is 13.5.